The van der Waals surface area contributed by atoms with Gasteiger partial charge in [-0.2, -0.15) is 0 Å². The van der Waals surface area contributed by atoms with E-state index in [2.05, 4.69) is 0 Å². The van der Waals surface area contributed by atoms with Crippen LogP contribution >= 0.6 is 0 Å². The Kier molecular flexibility index (Phi) is 5.37. The molecular weight excluding hydrogens is 262 g/mol. The van der Waals surface area contributed by atoms with E-state index in [9.17, 15) is 9.59 Å². The first-order valence-electron chi connectivity index (χ1n) is 6.09. The molecule has 0 fully saturated rings. The third-order valence-corrected chi connectivity index (χ3v) is 2.73. The molecule has 6 nitrogen and oxygen atoms in total. The molecule has 0 spiro atoms. The summed E-state index contributed by atoms with van der Waals surface area (Å²) in [5, 5.41) is 9.05. The minimum atomic E-state index is -1.18. The van der Waals surface area contributed by atoms with E-state index in [1.165, 1.54) is 6.92 Å². The number of carboxylic acids is 1. The average Bonchev–Trinajstić information content (AvgIpc) is 2.37. The van der Waals surface area contributed by atoms with Crippen molar-refractivity contribution in [3.8, 4) is 5.75 Å². The van der Waals surface area contributed by atoms with Crippen molar-refractivity contribution in [3.63, 3.8) is 0 Å². The van der Waals surface area contributed by atoms with Gasteiger partial charge in [-0.25, -0.2) is 4.79 Å². The number of esters is 1. The summed E-state index contributed by atoms with van der Waals surface area (Å²) in [4.78, 5) is 23.8. The molecule has 6 heteroatoms. The van der Waals surface area contributed by atoms with Gasteiger partial charge in [0.2, 0.25) is 6.10 Å². The lowest BCUT2D eigenvalue weighted by atomic mass is 10.1. The van der Waals surface area contributed by atoms with Crippen LogP contribution in [0.5, 0.6) is 5.75 Å². The van der Waals surface area contributed by atoms with E-state index in [4.69, 9.17) is 14.6 Å². The maximum Gasteiger partial charge on any atom is 0.345 e. The smallest absolute Gasteiger partial charge is 0.345 e. The van der Waals surface area contributed by atoms with E-state index in [1.54, 1.807) is 19.2 Å². The Morgan fingerprint density at radius 2 is 2.00 bits per heavy atom. The summed E-state index contributed by atoms with van der Waals surface area (Å²) in [6, 6.07) is 5.33. The number of hydrogen-bond acceptors (Lipinski definition) is 5. The monoisotopic (exact) mass is 281 g/mol. The standard InChI is InChI=1S/C14H19NO5/c1-9(16)20-13(14(17)18)8-10-5-6-12(19-4)11(7-10)15(2)3/h5-7,13H,8H2,1-4H3,(H,17,18)/t13-/m1/s1. The molecule has 1 aromatic rings. The van der Waals surface area contributed by atoms with Crippen LogP contribution in [-0.2, 0) is 20.7 Å². The van der Waals surface area contributed by atoms with E-state index in [1.807, 2.05) is 25.1 Å². The third kappa shape index (κ3) is 4.15. The number of anilines is 1. The lowest BCUT2D eigenvalue weighted by Crippen LogP contribution is -2.28. The van der Waals surface area contributed by atoms with Gasteiger partial charge in [0.1, 0.15) is 5.75 Å². The van der Waals surface area contributed by atoms with Gasteiger partial charge in [-0.05, 0) is 17.7 Å². The minimum Gasteiger partial charge on any atom is -0.495 e. The first-order chi connectivity index (χ1) is 9.35. The molecule has 20 heavy (non-hydrogen) atoms. The molecule has 110 valence electrons. The predicted octanol–water partition coefficient (Wildman–Crippen LogP) is 1.32. The summed E-state index contributed by atoms with van der Waals surface area (Å²) >= 11 is 0. The Hall–Kier alpha value is -2.24. The van der Waals surface area contributed by atoms with Crippen LogP contribution in [0.1, 0.15) is 12.5 Å². The average molecular weight is 281 g/mol. The zero-order valence-electron chi connectivity index (χ0n) is 12.0. The number of carbonyl (C=O) groups is 2. The van der Waals surface area contributed by atoms with Crippen molar-refractivity contribution in [2.45, 2.75) is 19.4 Å². The van der Waals surface area contributed by atoms with Gasteiger partial charge in [0.15, 0.2) is 0 Å². The molecule has 0 aliphatic carbocycles. The molecule has 1 rings (SSSR count). The molecule has 0 aliphatic rings. The summed E-state index contributed by atoms with van der Waals surface area (Å²) in [7, 11) is 5.30. The molecule has 0 unspecified atom stereocenters. The van der Waals surface area contributed by atoms with Gasteiger partial charge < -0.3 is 19.5 Å². The highest BCUT2D eigenvalue weighted by atomic mass is 16.6. The van der Waals surface area contributed by atoms with Gasteiger partial charge in [-0.3, -0.25) is 4.79 Å². The van der Waals surface area contributed by atoms with Gasteiger partial charge >= 0.3 is 11.9 Å². The van der Waals surface area contributed by atoms with Crippen molar-refractivity contribution in [3.05, 3.63) is 23.8 Å². The summed E-state index contributed by atoms with van der Waals surface area (Å²) in [6.45, 7) is 1.19. The zero-order chi connectivity index (χ0) is 15.3. The van der Waals surface area contributed by atoms with Gasteiger partial charge in [0, 0.05) is 27.4 Å². The maximum absolute atomic E-state index is 11.1. The van der Waals surface area contributed by atoms with E-state index in [0.717, 1.165) is 11.3 Å². The fourth-order valence-corrected chi connectivity index (χ4v) is 1.81. The highest BCUT2D eigenvalue weighted by Crippen LogP contribution is 2.28. The van der Waals surface area contributed by atoms with Crippen LogP contribution in [-0.4, -0.2) is 44.4 Å². The Bertz CT molecular complexity index is 498. The molecule has 1 N–H and O–H groups in total. The minimum absolute atomic E-state index is 0.111. The maximum atomic E-state index is 11.1. The number of rotatable bonds is 6. The predicted molar refractivity (Wildman–Crippen MR) is 74.2 cm³/mol. The molecule has 0 aromatic heterocycles. The quantitative estimate of drug-likeness (QED) is 0.793. The van der Waals surface area contributed by atoms with Crippen LogP contribution in [0.3, 0.4) is 0 Å². The highest BCUT2D eigenvalue weighted by molar-refractivity contribution is 5.77. The molecule has 0 radical (unpaired) electrons. The first kappa shape index (κ1) is 15.8. The second kappa shape index (κ2) is 6.79. The molecule has 0 saturated heterocycles. The first-order valence-corrected chi connectivity index (χ1v) is 6.09. The molecule has 0 bridgehead atoms. The fraction of sp³-hybridized carbons (Fsp3) is 0.429. The lowest BCUT2D eigenvalue weighted by molar-refractivity contribution is -0.162. The number of ether oxygens (including phenoxy) is 2. The van der Waals surface area contributed by atoms with Crippen molar-refractivity contribution in [2.75, 3.05) is 26.1 Å². The van der Waals surface area contributed by atoms with E-state index in [0.29, 0.717) is 5.75 Å². The van der Waals surface area contributed by atoms with Crippen molar-refractivity contribution in [2.24, 2.45) is 0 Å². The van der Waals surface area contributed by atoms with E-state index >= 15 is 0 Å². The second-order valence-corrected chi connectivity index (χ2v) is 4.54. The molecular formula is C14H19NO5. The zero-order valence-corrected chi connectivity index (χ0v) is 12.0. The molecule has 0 saturated carbocycles. The van der Waals surface area contributed by atoms with Crippen LogP contribution in [0.2, 0.25) is 0 Å². The number of carbonyl (C=O) groups excluding carboxylic acids is 1. The molecule has 1 atom stereocenters. The highest BCUT2D eigenvalue weighted by Gasteiger charge is 2.21. The summed E-state index contributed by atoms with van der Waals surface area (Å²) in [5.41, 5.74) is 1.58. The Morgan fingerprint density at radius 3 is 2.45 bits per heavy atom. The number of nitrogens with zero attached hydrogens (tertiary/aromatic N) is 1. The number of methoxy groups -OCH3 is 1. The van der Waals surface area contributed by atoms with Crippen molar-refractivity contribution >= 4 is 17.6 Å². The Labute approximate surface area is 117 Å². The molecule has 0 aliphatic heterocycles. The topological polar surface area (TPSA) is 76.1 Å². The number of aliphatic carboxylic acids is 1. The largest absolute Gasteiger partial charge is 0.495 e. The number of carboxylic acid groups (broad SMARTS) is 1. The van der Waals surface area contributed by atoms with Gasteiger partial charge in [0.25, 0.3) is 0 Å². The number of benzene rings is 1. The fourth-order valence-electron chi connectivity index (χ4n) is 1.81. The second-order valence-electron chi connectivity index (χ2n) is 4.54. The SMILES string of the molecule is COc1ccc(C[C@@H](OC(C)=O)C(=O)O)cc1N(C)C. The van der Waals surface area contributed by atoms with Crippen LogP contribution in [0.25, 0.3) is 0 Å². The van der Waals surface area contributed by atoms with E-state index in [-0.39, 0.29) is 6.42 Å². The summed E-state index contributed by atoms with van der Waals surface area (Å²) in [5.74, 6) is -1.08. The molecule has 0 heterocycles. The van der Waals surface area contributed by atoms with Gasteiger partial charge in [0.05, 0.1) is 12.8 Å². The van der Waals surface area contributed by atoms with Crippen molar-refractivity contribution < 1.29 is 24.2 Å². The van der Waals surface area contributed by atoms with Crippen LogP contribution < -0.4 is 9.64 Å². The van der Waals surface area contributed by atoms with Gasteiger partial charge in [-0.1, -0.05) is 6.07 Å². The van der Waals surface area contributed by atoms with Gasteiger partial charge in [-0.15, -0.1) is 0 Å². The summed E-state index contributed by atoms with van der Waals surface area (Å²) in [6.07, 6.45) is -1.07. The van der Waals surface area contributed by atoms with Crippen molar-refractivity contribution in [1.29, 1.82) is 0 Å². The Morgan fingerprint density at radius 1 is 1.35 bits per heavy atom. The van der Waals surface area contributed by atoms with Crippen LogP contribution in [0, 0.1) is 0 Å². The Balaban J connectivity index is 2.98. The number of hydrogen-bond donors (Lipinski definition) is 1. The lowest BCUT2D eigenvalue weighted by Gasteiger charge is -2.19. The van der Waals surface area contributed by atoms with E-state index < -0.39 is 18.0 Å². The van der Waals surface area contributed by atoms with Crippen LogP contribution in [0.15, 0.2) is 18.2 Å². The van der Waals surface area contributed by atoms with Crippen molar-refractivity contribution in [1.82, 2.24) is 0 Å². The normalized spacial score (nSPS) is 11.6. The molecule has 1 aromatic carbocycles. The summed E-state index contributed by atoms with van der Waals surface area (Å²) < 4.78 is 10.0. The molecule has 0 amide bonds. The van der Waals surface area contributed by atoms with Crippen LogP contribution in [0.4, 0.5) is 5.69 Å². The third-order valence-electron chi connectivity index (χ3n) is 2.73.